The van der Waals surface area contributed by atoms with Crippen LogP contribution in [0.1, 0.15) is 65.1 Å². The van der Waals surface area contributed by atoms with Crippen molar-refractivity contribution >= 4 is 11.9 Å². The van der Waals surface area contributed by atoms with Crippen molar-refractivity contribution in [3.63, 3.8) is 0 Å². The van der Waals surface area contributed by atoms with Crippen LogP contribution in [0.5, 0.6) is 0 Å². The third-order valence-electron chi connectivity index (χ3n) is 5.54. The minimum atomic E-state index is -0.493. The fourth-order valence-electron chi connectivity index (χ4n) is 3.90. The molecule has 31 heavy (non-hydrogen) atoms. The van der Waals surface area contributed by atoms with Crippen LogP contribution in [-0.2, 0) is 4.74 Å². The fourth-order valence-corrected chi connectivity index (χ4v) is 3.90. The molecule has 1 aromatic carbocycles. The molecule has 162 valence electrons. The minimum absolute atomic E-state index is 0.0583. The molecule has 3 heterocycles. The number of ether oxygens (including phenoxy) is 1. The van der Waals surface area contributed by atoms with Crippen LogP contribution in [0.15, 0.2) is 41.1 Å². The monoisotopic (exact) mass is 423 g/mol. The van der Waals surface area contributed by atoms with Crippen LogP contribution in [0.4, 0.5) is 0 Å². The number of para-hydroxylation sites is 1. The summed E-state index contributed by atoms with van der Waals surface area (Å²) >= 11 is 0. The minimum Gasteiger partial charge on any atom is -0.461 e. The van der Waals surface area contributed by atoms with E-state index in [0.29, 0.717) is 29.4 Å². The SMILES string of the molecule is CCOC(=O)c1nc(C2CCC(C)N(C(=O)c3ccccc3-n3nccn3)C2)oc1C. The summed E-state index contributed by atoms with van der Waals surface area (Å²) in [7, 11) is 0. The lowest BCUT2D eigenvalue weighted by Gasteiger charge is -2.37. The maximum absolute atomic E-state index is 13.5. The van der Waals surface area contributed by atoms with Gasteiger partial charge >= 0.3 is 5.97 Å². The molecular weight excluding hydrogens is 398 g/mol. The van der Waals surface area contributed by atoms with Crippen molar-refractivity contribution in [3.05, 3.63) is 59.6 Å². The largest absolute Gasteiger partial charge is 0.461 e. The molecule has 0 saturated carbocycles. The number of likely N-dealkylation sites (tertiary alicyclic amines) is 1. The lowest BCUT2D eigenvalue weighted by molar-refractivity contribution is 0.0516. The second-order valence-electron chi connectivity index (χ2n) is 7.59. The van der Waals surface area contributed by atoms with Gasteiger partial charge in [0.1, 0.15) is 5.76 Å². The fraction of sp³-hybridized carbons (Fsp3) is 0.409. The van der Waals surface area contributed by atoms with E-state index in [2.05, 4.69) is 15.2 Å². The van der Waals surface area contributed by atoms with Crippen molar-refractivity contribution in [1.82, 2.24) is 24.9 Å². The summed E-state index contributed by atoms with van der Waals surface area (Å²) in [6.07, 6.45) is 4.77. The molecule has 9 nitrogen and oxygen atoms in total. The number of oxazole rings is 1. The van der Waals surface area contributed by atoms with Crippen LogP contribution in [0.2, 0.25) is 0 Å². The van der Waals surface area contributed by atoms with E-state index in [1.165, 1.54) is 4.80 Å². The molecule has 9 heteroatoms. The normalized spacial score (nSPS) is 18.7. The van der Waals surface area contributed by atoms with Gasteiger partial charge in [0.25, 0.3) is 5.91 Å². The molecule has 1 amide bonds. The molecule has 0 radical (unpaired) electrons. The van der Waals surface area contributed by atoms with E-state index in [4.69, 9.17) is 9.15 Å². The number of piperidine rings is 1. The number of carbonyl (C=O) groups is 2. The molecule has 2 aromatic heterocycles. The summed E-state index contributed by atoms with van der Waals surface area (Å²) in [6.45, 7) is 6.20. The molecule has 0 spiro atoms. The Labute approximate surface area is 180 Å². The first-order valence-electron chi connectivity index (χ1n) is 10.4. The van der Waals surface area contributed by atoms with E-state index in [0.717, 1.165) is 12.8 Å². The smallest absolute Gasteiger partial charge is 0.360 e. The molecule has 4 rings (SSSR count). The zero-order valence-corrected chi connectivity index (χ0v) is 17.8. The Morgan fingerprint density at radius 1 is 1.19 bits per heavy atom. The third-order valence-corrected chi connectivity index (χ3v) is 5.54. The van der Waals surface area contributed by atoms with Crippen molar-refractivity contribution in [2.45, 2.75) is 45.6 Å². The van der Waals surface area contributed by atoms with Crippen molar-refractivity contribution < 1.29 is 18.7 Å². The molecule has 1 saturated heterocycles. The Kier molecular flexibility index (Phi) is 5.83. The number of benzene rings is 1. The highest BCUT2D eigenvalue weighted by molar-refractivity contribution is 5.98. The first-order chi connectivity index (χ1) is 15.0. The predicted octanol–water partition coefficient (Wildman–Crippen LogP) is 3.15. The highest BCUT2D eigenvalue weighted by Crippen LogP contribution is 2.32. The van der Waals surface area contributed by atoms with E-state index in [-0.39, 0.29) is 30.2 Å². The number of hydrogen-bond acceptors (Lipinski definition) is 7. The van der Waals surface area contributed by atoms with E-state index < -0.39 is 5.97 Å². The number of carbonyl (C=O) groups excluding carboxylic acids is 2. The highest BCUT2D eigenvalue weighted by atomic mass is 16.5. The van der Waals surface area contributed by atoms with Crippen LogP contribution >= 0.6 is 0 Å². The van der Waals surface area contributed by atoms with Gasteiger partial charge in [-0.25, -0.2) is 9.78 Å². The molecule has 1 aliphatic rings. The van der Waals surface area contributed by atoms with Crippen molar-refractivity contribution in [1.29, 1.82) is 0 Å². The summed E-state index contributed by atoms with van der Waals surface area (Å²) in [5.74, 6) is 0.205. The lowest BCUT2D eigenvalue weighted by atomic mass is 9.92. The van der Waals surface area contributed by atoms with Crippen molar-refractivity contribution in [2.24, 2.45) is 0 Å². The van der Waals surface area contributed by atoms with Gasteiger partial charge in [-0.1, -0.05) is 12.1 Å². The van der Waals surface area contributed by atoms with Gasteiger partial charge < -0.3 is 14.1 Å². The predicted molar refractivity (Wildman–Crippen MR) is 111 cm³/mol. The van der Waals surface area contributed by atoms with Crippen LogP contribution < -0.4 is 0 Å². The topological polar surface area (TPSA) is 103 Å². The number of aryl methyl sites for hydroxylation is 1. The maximum atomic E-state index is 13.5. The Morgan fingerprint density at radius 3 is 2.68 bits per heavy atom. The molecule has 2 atom stereocenters. The van der Waals surface area contributed by atoms with E-state index in [9.17, 15) is 9.59 Å². The second-order valence-corrected chi connectivity index (χ2v) is 7.59. The van der Waals surface area contributed by atoms with Gasteiger partial charge in [-0.15, -0.1) is 0 Å². The standard InChI is InChI=1S/C22H25N5O4/c1-4-30-22(29)19-15(3)31-20(25-19)16-10-9-14(2)26(13-16)21(28)17-7-5-6-8-18(17)27-23-11-12-24-27/h5-8,11-12,14,16H,4,9-10,13H2,1-3H3. The Balaban J connectivity index is 1.59. The average Bonchev–Trinajstić information content (AvgIpc) is 3.44. The molecular formula is C22H25N5O4. The van der Waals surface area contributed by atoms with Gasteiger partial charge in [-0.05, 0) is 45.7 Å². The third kappa shape index (κ3) is 4.08. The van der Waals surface area contributed by atoms with Gasteiger partial charge in [-0.2, -0.15) is 15.0 Å². The zero-order valence-electron chi connectivity index (χ0n) is 17.8. The van der Waals surface area contributed by atoms with Crippen LogP contribution in [-0.4, -0.2) is 55.9 Å². The number of esters is 1. The molecule has 1 fully saturated rings. The van der Waals surface area contributed by atoms with Gasteiger partial charge in [0.15, 0.2) is 11.6 Å². The molecule has 1 aliphatic heterocycles. The maximum Gasteiger partial charge on any atom is 0.360 e. The first-order valence-corrected chi connectivity index (χ1v) is 10.4. The Hall–Kier alpha value is -3.49. The second kappa shape index (κ2) is 8.71. The van der Waals surface area contributed by atoms with Crippen LogP contribution in [0.3, 0.4) is 0 Å². The van der Waals surface area contributed by atoms with Gasteiger partial charge in [0.2, 0.25) is 0 Å². The van der Waals surface area contributed by atoms with E-state index in [1.807, 2.05) is 30.0 Å². The summed E-state index contributed by atoms with van der Waals surface area (Å²) in [5.41, 5.74) is 1.36. The van der Waals surface area contributed by atoms with Crippen molar-refractivity contribution in [3.8, 4) is 5.69 Å². The summed E-state index contributed by atoms with van der Waals surface area (Å²) < 4.78 is 10.9. The van der Waals surface area contributed by atoms with E-state index >= 15 is 0 Å². The average molecular weight is 423 g/mol. The quantitative estimate of drug-likeness (QED) is 0.581. The Bertz CT molecular complexity index is 1080. The molecule has 0 N–H and O–H groups in total. The number of aromatic nitrogens is 4. The Morgan fingerprint density at radius 2 is 1.94 bits per heavy atom. The lowest BCUT2D eigenvalue weighted by Crippen LogP contribution is -2.45. The summed E-state index contributed by atoms with van der Waals surface area (Å²) in [4.78, 5) is 33.3. The number of amides is 1. The molecule has 0 bridgehead atoms. The molecule has 3 aromatic rings. The van der Waals surface area contributed by atoms with Crippen LogP contribution in [0, 0.1) is 6.92 Å². The number of hydrogen-bond donors (Lipinski definition) is 0. The van der Waals surface area contributed by atoms with Gasteiger partial charge in [-0.3, -0.25) is 4.79 Å². The number of rotatable bonds is 5. The highest BCUT2D eigenvalue weighted by Gasteiger charge is 2.34. The zero-order chi connectivity index (χ0) is 22.0. The molecule has 2 unspecified atom stereocenters. The van der Waals surface area contributed by atoms with Crippen LogP contribution in [0.25, 0.3) is 5.69 Å². The van der Waals surface area contributed by atoms with Crippen molar-refractivity contribution in [2.75, 3.05) is 13.2 Å². The van der Waals surface area contributed by atoms with E-state index in [1.54, 1.807) is 32.3 Å². The molecule has 0 aliphatic carbocycles. The van der Waals surface area contributed by atoms with Gasteiger partial charge in [0, 0.05) is 12.6 Å². The number of nitrogens with zero attached hydrogens (tertiary/aromatic N) is 5. The van der Waals surface area contributed by atoms with Gasteiger partial charge in [0.05, 0.1) is 36.2 Å². The first kappa shape index (κ1) is 20.8. The summed E-state index contributed by atoms with van der Waals surface area (Å²) in [6, 6.07) is 7.34. The summed E-state index contributed by atoms with van der Waals surface area (Å²) in [5, 5.41) is 8.33.